The molecule has 3 rings (SSSR count). The number of unbranched alkanes of at least 4 members (excludes halogenated alkanes) is 19. The molecule has 476 valence electrons. The first kappa shape index (κ1) is 73.2. The molecule has 0 aromatic carbocycles. The summed E-state index contributed by atoms with van der Waals surface area (Å²) in [5.74, 6) is -6.16. The highest BCUT2D eigenvalue weighted by molar-refractivity contribution is 5.77. The van der Waals surface area contributed by atoms with Crippen LogP contribution >= 0.6 is 0 Å². The van der Waals surface area contributed by atoms with Crippen LogP contribution < -0.4 is 10.6 Å². The van der Waals surface area contributed by atoms with Crippen LogP contribution in [0.5, 0.6) is 0 Å². The van der Waals surface area contributed by atoms with Crippen LogP contribution in [0.4, 0.5) is 0 Å². The van der Waals surface area contributed by atoms with Crippen molar-refractivity contribution >= 4 is 17.8 Å². The third kappa shape index (κ3) is 25.1. The number of hydrogen-bond acceptors (Lipinski definition) is 20. The Morgan fingerprint density at radius 1 is 0.646 bits per heavy atom. The van der Waals surface area contributed by atoms with Gasteiger partial charge in [0, 0.05) is 19.8 Å². The van der Waals surface area contributed by atoms with Gasteiger partial charge in [0.2, 0.25) is 11.8 Å². The molecule has 3 fully saturated rings. The number of carbonyl (C=O) groups is 3. The number of aliphatic carboxylic acids is 1. The van der Waals surface area contributed by atoms with Gasteiger partial charge < -0.3 is 100 Å². The first-order chi connectivity index (χ1) is 39.4. The Kier molecular flexibility index (Phi) is 36.7. The molecule has 82 heavy (non-hydrogen) atoms. The van der Waals surface area contributed by atoms with E-state index in [-0.39, 0.29) is 12.3 Å². The number of aliphatic hydroxyl groups excluding tert-OH is 11. The molecule has 14 N–H and O–H groups in total. The minimum Gasteiger partial charge on any atom is -0.477 e. The Labute approximate surface area is 485 Å². The number of rotatable bonds is 43. The second kappa shape index (κ2) is 41.1. The van der Waals surface area contributed by atoms with Crippen molar-refractivity contribution < 1.29 is 104 Å². The van der Waals surface area contributed by atoms with Crippen molar-refractivity contribution in [3.8, 4) is 0 Å². The number of allylic oxidation sites excluding steroid dienone is 5. The highest BCUT2D eigenvalue weighted by atomic mass is 16.8. The zero-order valence-corrected chi connectivity index (χ0v) is 48.8. The molecule has 0 aromatic heterocycles. The van der Waals surface area contributed by atoms with Crippen LogP contribution in [0.15, 0.2) is 36.5 Å². The van der Waals surface area contributed by atoms with E-state index in [1.807, 2.05) is 6.08 Å². The molecule has 0 bridgehead atoms. The van der Waals surface area contributed by atoms with Crippen LogP contribution in [-0.4, -0.2) is 215 Å². The maximum Gasteiger partial charge on any atom is 0.364 e. The summed E-state index contributed by atoms with van der Waals surface area (Å²) in [6.07, 6.45) is 7.88. The predicted molar refractivity (Wildman–Crippen MR) is 301 cm³/mol. The molecule has 0 aliphatic carbocycles. The number of hydrogen-bond donors (Lipinski definition) is 14. The molecule has 3 heterocycles. The Balaban J connectivity index is 1.66. The number of nitrogens with one attached hydrogen (secondary N) is 2. The standard InChI is InChI=1S/C59H104N2O21/c1-4-6-8-10-12-14-16-17-18-19-20-21-23-25-27-29-31-33-46(69)61-40(41(66)32-30-28-26-24-22-15-13-11-9-7-5-2)38-77-56-51(73)50(72)53(45(37-64)79-56)80-57-52(74)55(49(71)44(36-63)78-57)82-59(58(75)76)34-42(67)47(60-39(3)65)54(81-59)48(70)43(68)35-62/h12,14,17-18,30,32,40-45,47-57,62-64,66-68,70-74H,4-11,13,15-16,19-29,31,33-38H2,1-3H3,(H,60,65)(H,61,69)(H,75,76)/b14-12-,18-17-,32-30+. The first-order valence-corrected chi connectivity index (χ1v) is 30.4. The summed E-state index contributed by atoms with van der Waals surface area (Å²) in [6, 6.07) is -2.62. The van der Waals surface area contributed by atoms with Gasteiger partial charge in [0.15, 0.2) is 12.6 Å². The minimum absolute atomic E-state index is 0.189. The van der Waals surface area contributed by atoms with Crippen LogP contribution in [0.3, 0.4) is 0 Å². The lowest BCUT2D eigenvalue weighted by molar-refractivity contribution is -0.386. The quantitative estimate of drug-likeness (QED) is 0.0308. The van der Waals surface area contributed by atoms with Gasteiger partial charge >= 0.3 is 5.97 Å². The van der Waals surface area contributed by atoms with Crippen LogP contribution in [0.2, 0.25) is 0 Å². The summed E-state index contributed by atoms with van der Waals surface area (Å²) < 4.78 is 34.6. The van der Waals surface area contributed by atoms with E-state index in [0.717, 1.165) is 84.0 Å². The van der Waals surface area contributed by atoms with E-state index >= 15 is 0 Å². The Hall–Kier alpha value is -3.05. The topological polar surface area (TPSA) is 373 Å². The van der Waals surface area contributed by atoms with Crippen molar-refractivity contribution in [2.45, 2.75) is 291 Å². The minimum atomic E-state index is -3.08. The van der Waals surface area contributed by atoms with Crippen LogP contribution in [0.25, 0.3) is 0 Å². The maximum atomic E-state index is 13.3. The predicted octanol–water partition coefficient (Wildman–Crippen LogP) is 2.72. The maximum absolute atomic E-state index is 13.3. The number of aliphatic hydroxyl groups is 11. The second-order valence-electron chi connectivity index (χ2n) is 22.2. The second-order valence-corrected chi connectivity index (χ2v) is 22.2. The SMILES string of the molecule is CCCCC/C=C\C/C=C\CCCCCCCCCC(=O)NC(COC1OC(CO)C(OC2OC(CO)C(O)C(OC3(C(=O)O)CC(O)C(NC(C)=O)C(C(O)C(O)CO)O3)C2O)C(O)C1O)C(O)/C=C/CCCCCCCCCCC. The molecule has 3 aliphatic heterocycles. The van der Waals surface area contributed by atoms with Gasteiger partial charge in [0.1, 0.15) is 67.1 Å². The Morgan fingerprint density at radius 3 is 1.74 bits per heavy atom. The van der Waals surface area contributed by atoms with Crippen molar-refractivity contribution in [3.63, 3.8) is 0 Å². The fourth-order valence-corrected chi connectivity index (χ4v) is 10.4. The molecule has 0 spiro atoms. The largest absolute Gasteiger partial charge is 0.477 e. The Morgan fingerprint density at radius 2 is 1.18 bits per heavy atom. The van der Waals surface area contributed by atoms with Crippen molar-refractivity contribution in [3.05, 3.63) is 36.5 Å². The van der Waals surface area contributed by atoms with Gasteiger partial charge in [-0.3, -0.25) is 9.59 Å². The third-order valence-corrected chi connectivity index (χ3v) is 15.3. The summed E-state index contributed by atoms with van der Waals surface area (Å²) in [5, 5.41) is 135. The van der Waals surface area contributed by atoms with Gasteiger partial charge in [-0.1, -0.05) is 147 Å². The van der Waals surface area contributed by atoms with Crippen molar-refractivity contribution in [2.24, 2.45) is 0 Å². The molecule has 0 saturated carbocycles. The lowest BCUT2D eigenvalue weighted by atomic mass is 9.88. The lowest BCUT2D eigenvalue weighted by Gasteiger charge is -2.50. The van der Waals surface area contributed by atoms with E-state index in [0.29, 0.717) is 12.8 Å². The number of carbonyl (C=O) groups excluding carboxylic acids is 2. The van der Waals surface area contributed by atoms with E-state index in [9.17, 15) is 75.7 Å². The summed E-state index contributed by atoms with van der Waals surface area (Å²) in [4.78, 5) is 38.4. The molecule has 18 atom stereocenters. The van der Waals surface area contributed by atoms with E-state index in [2.05, 4.69) is 48.8 Å². The zero-order valence-electron chi connectivity index (χ0n) is 48.8. The molecule has 0 aromatic rings. The van der Waals surface area contributed by atoms with Crippen molar-refractivity contribution in [1.29, 1.82) is 0 Å². The highest BCUT2D eigenvalue weighted by Gasteiger charge is 2.60. The fourth-order valence-electron chi connectivity index (χ4n) is 10.4. The van der Waals surface area contributed by atoms with Crippen LogP contribution in [0, 0.1) is 0 Å². The molecule has 2 amide bonds. The molecule has 23 heteroatoms. The summed E-state index contributed by atoms with van der Waals surface area (Å²) in [6.45, 7) is 2.03. The fraction of sp³-hybridized carbons (Fsp3) is 0.847. The van der Waals surface area contributed by atoms with E-state index in [1.165, 1.54) is 57.8 Å². The summed E-state index contributed by atoms with van der Waals surface area (Å²) >= 11 is 0. The van der Waals surface area contributed by atoms with Gasteiger partial charge in [0.05, 0.1) is 50.7 Å². The molecule has 23 nitrogen and oxygen atoms in total. The molecular formula is C59H104N2O21. The molecule has 3 aliphatic rings. The lowest BCUT2D eigenvalue weighted by Crippen LogP contribution is -2.70. The summed E-state index contributed by atoms with van der Waals surface area (Å²) in [7, 11) is 0. The first-order valence-electron chi connectivity index (χ1n) is 30.4. The molecule has 0 radical (unpaired) electrons. The smallest absolute Gasteiger partial charge is 0.364 e. The van der Waals surface area contributed by atoms with Gasteiger partial charge in [-0.25, -0.2) is 4.79 Å². The monoisotopic (exact) mass is 1180 g/mol. The highest BCUT2D eigenvalue weighted by Crippen LogP contribution is 2.38. The average Bonchev–Trinajstić information content (AvgIpc) is 3.45. The zero-order chi connectivity index (χ0) is 60.5. The Bertz CT molecular complexity index is 1830. The molecule has 3 saturated heterocycles. The van der Waals surface area contributed by atoms with Crippen LogP contribution in [0.1, 0.15) is 181 Å². The normalized spacial score (nSPS) is 30.4. The molecule has 18 unspecified atom stereocenters. The van der Waals surface area contributed by atoms with Gasteiger partial charge in [0.25, 0.3) is 5.79 Å². The molecular weight excluding hydrogens is 1070 g/mol. The number of ether oxygens (including phenoxy) is 6. The van der Waals surface area contributed by atoms with Crippen LogP contribution in [-0.2, 0) is 42.8 Å². The third-order valence-electron chi connectivity index (χ3n) is 15.3. The number of carboxylic acid groups (broad SMARTS) is 1. The number of carboxylic acids is 1. The van der Waals surface area contributed by atoms with E-state index in [4.69, 9.17) is 28.4 Å². The van der Waals surface area contributed by atoms with Crippen molar-refractivity contribution in [1.82, 2.24) is 10.6 Å². The van der Waals surface area contributed by atoms with Gasteiger partial charge in [-0.2, -0.15) is 0 Å². The van der Waals surface area contributed by atoms with E-state index < -0.39 is 155 Å². The van der Waals surface area contributed by atoms with E-state index in [1.54, 1.807) is 6.08 Å². The number of amides is 2. The van der Waals surface area contributed by atoms with Gasteiger partial charge in [-0.15, -0.1) is 0 Å². The van der Waals surface area contributed by atoms with Crippen molar-refractivity contribution in [2.75, 3.05) is 26.4 Å². The summed E-state index contributed by atoms with van der Waals surface area (Å²) in [5.41, 5.74) is 0. The van der Waals surface area contributed by atoms with Gasteiger partial charge in [-0.05, 0) is 51.4 Å². The average molecular weight is 1180 g/mol.